The molecule has 0 saturated heterocycles. The van der Waals surface area contributed by atoms with E-state index in [2.05, 4.69) is 15.1 Å². The first-order valence-electron chi connectivity index (χ1n) is 9.27. The van der Waals surface area contributed by atoms with Crippen LogP contribution in [0.15, 0.2) is 59.4 Å². The topological polar surface area (TPSA) is 89.9 Å². The minimum absolute atomic E-state index is 0.266. The summed E-state index contributed by atoms with van der Waals surface area (Å²) >= 11 is 0. The van der Waals surface area contributed by atoms with Crippen molar-refractivity contribution in [2.24, 2.45) is 0 Å². The molecule has 0 saturated carbocycles. The highest BCUT2D eigenvalue weighted by Crippen LogP contribution is 2.22. The molecular formula is C22H20N4O3. The highest BCUT2D eigenvalue weighted by molar-refractivity contribution is 5.92. The van der Waals surface area contributed by atoms with Crippen LogP contribution in [0.4, 0.5) is 0 Å². The maximum atomic E-state index is 12.9. The number of aromatic nitrogens is 4. The predicted molar refractivity (Wildman–Crippen MR) is 109 cm³/mol. The van der Waals surface area contributed by atoms with Crippen molar-refractivity contribution in [2.45, 2.75) is 26.9 Å². The fraction of sp³-hybridized carbons (Fsp3) is 0.182. The smallest absolute Gasteiger partial charge is 0.342 e. The van der Waals surface area contributed by atoms with Gasteiger partial charge in [0.05, 0.1) is 28.0 Å². The van der Waals surface area contributed by atoms with Gasteiger partial charge < -0.3 is 9.72 Å². The van der Waals surface area contributed by atoms with Crippen LogP contribution in [0.25, 0.3) is 16.6 Å². The van der Waals surface area contributed by atoms with Crippen molar-refractivity contribution in [3.63, 3.8) is 0 Å². The third kappa shape index (κ3) is 3.42. The molecule has 0 radical (unpaired) electrons. The number of nitrogens with one attached hydrogen (secondary N) is 1. The van der Waals surface area contributed by atoms with Crippen LogP contribution in [0.5, 0.6) is 0 Å². The van der Waals surface area contributed by atoms with Crippen molar-refractivity contribution < 1.29 is 9.53 Å². The summed E-state index contributed by atoms with van der Waals surface area (Å²) in [5, 5.41) is 4.97. The van der Waals surface area contributed by atoms with E-state index in [1.165, 1.54) is 0 Å². The first-order chi connectivity index (χ1) is 14.0. The second-order valence-electron chi connectivity index (χ2n) is 6.81. The molecule has 1 atom stereocenters. The van der Waals surface area contributed by atoms with E-state index in [0.29, 0.717) is 33.7 Å². The molecule has 2 heterocycles. The van der Waals surface area contributed by atoms with Crippen molar-refractivity contribution >= 4 is 16.9 Å². The zero-order valence-electron chi connectivity index (χ0n) is 16.3. The molecule has 0 amide bonds. The van der Waals surface area contributed by atoms with Gasteiger partial charge >= 0.3 is 5.97 Å². The van der Waals surface area contributed by atoms with Gasteiger partial charge in [0.25, 0.3) is 5.56 Å². The van der Waals surface area contributed by atoms with E-state index in [-0.39, 0.29) is 5.56 Å². The number of para-hydroxylation sites is 2. The molecule has 0 fully saturated rings. The molecule has 4 aromatic rings. The van der Waals surface area contributed by atoms with E-state index in [1.807, 2.05) is 37.3 Å². The maximum absolute atomic E-state index is 12.9. The Bertz CT molecular complexity index is 1260. The maximum Gasteiger partial charge on any atom is 0.342 e. The molecule has 7 nitrogen and oxygen atoms in total. The highest BCUT2D eigenvalue weighted by atomic mass is 16.5. The fourth-order valence-corrected chi connectivity index (χ4v) is 3.33. The number of aromatic amines is 1. The minimum atomic E-state index is -0.723. The van der Waals surface area contributed by atoms with Crippen LogP contribution in [-0.4, -0.2) is 25.7 Å². The van der Waals surface area contributed by atoms with Crippen molar-refractivity contribution in [1.82, 2.24) is 19.7 Å². The summed E-state index contributed by atoms with van der Waals surface area (Å²) in [7, 11) is 0. The van der Waals surface area contributed by atoms with Crippen molar-refractivity contribution in [3.8, 4) is 5.69 Å². The Morgan fingerprint density at radius 2 is 1.76 bits per heavy atom. The average molecular weight is 388 g/mol. The number of hydrogen-bond donors (Lipinski definition) is 1. The third-order valence-electron chi connectivity index (χ3n) is 4.80. The normalized spacial score (nSPS) is 12.1. The van der Waals surface area contributed by atoms with Gasteiger partial charge in [-0.1, -0.05) is 30.3 Å². The van der Waals surface area contributed by atoms with Crippen molar-refractivity contribution in [2.75, 3.05) is 0 Å². The summed E-state index contributed by atoms with van der Waals surface area (Å²) in [6.07, 6.45) is -0.723. The molecule has 1 N–H and O–H groups in total. The number of nitrogens with zero attached hydrogens (tertiary/aromatic N) is 3. The second kappa shape index (κ2) is 7.35. The summed E-state index contributed by atoms with van der Waals surface area (Å²) < 4.78 is 7.33. The summed E-state index contributed by atoms with van der Waals surface area (Å²) in [5.74, 6) is -0.210. The number of fused-ring (bicyclic) bond motifs is 1. The van der Waals surface area contributed by atoms with Gasteiger partial charge in [0, 0.05) is 0 Å². The van der Waals surface area contributed by atoms with Crippen molar-refractivity contribution in [1.29, 1.82) is 0 Å². The van der Waals surface area contributed by atoms with Gasteiger partial charge in [-0.25, -0.2) is 14.5 Å². The Hall–Kier alpha value is -3.74. The molecule has 1 unspecified atom stereocenters. The zero-order valence-corrected chi connectivity index (χ0v) is 16.3. The van der Waals surface area contributed by atoms with E-state index in [9.17, 15) is 9.59 Å². The molecule has 0 bridgehead atoms. The van der Waals surface area contributed by atoms with Gasteiger partial charge in [-0.15, -0.1) is 0 Å². The lowest BCUT2D eigenvalue weighted by atomic mass is 10.2. The third-order valence-corrected chi connectivity index (χ3v) is 4.80. The number of esters is 1. The van der Waals surface area contributed by atoms with Gasteiger partial charge in [0.2, 0.25) is 0 Å². The predicted octanol–water partition coefficient (Wildman–Crippen LogP) is 3.64. The van der Waals surface area contributed by atoms with Crippen LogP contribution in [0.3, 0.4) is 0 Å². The molecule has 146 valence electrons. The number of hydrogen-bond acceptors (Lipinski definition) is 5. The van der Waals surface area contributed by atoms with Gasteiger partial charge in [-0.05, 0) is 45.0 Å². The van der Waals surface area contributed by atoms with Crippen LogP contribution < -0.4 is 5.56 Å². The number of benzene rings is 2. The quantitative estimate of drug-likeness (QED) is 0.539. The number of carbonyl (C=O) groups excluding carboxylic acids is 1. The molecule has 4 rings (SSSR count). The van der Waals surface area contributed by atoms with E-state index < -0.39 is 12.1 Å². The SMILES string of the molecule is Cc1nn(-c2ccccc2)c(C)c1C(=O)OC(C)c1nc2ccccc2c(=O)[nH]1. The van der Waals surface area contributed by atoms with Crippen LogP contribution in [0.1, 0.15) is 40.6 Å². The van der Waals surface area contributed by atoms with E-state index in [4.69, 9.17) is 4.74 Å². The van der Waals surface area contributed by atoms with Gasteiger partial charge in [-0.3, -0.25) is 4.79 Å². The van der Waals surface area contributed by atoms with E-state index in [1.54, 1.807) is 42.8 Å². The Labute approximate surface area is 167 Å². The number of ether oxygens (including phenoxy) is 1. The monoisotopic (exact) mass is 388 g/mol. The second-order valence-corrected chi connectivity index (χ2v) is 6.81. The standard InChI is InChI=1S/C22H20N4O3/c1-13-19(14(2)26(25-13)16-9-5-4-6-10-16)22(28)29-15(3)20-23-18-12-8-7-11-17(18)21(27)24-20/h4-12,15H,1-3H3,(H,23,24,27). The minimum Gasteiger partial charge on any atom is -0.451 e. The molecule has 7 heteroatoms. The lowest BCUT2D eigenvalue weighted by Crippen LogP contribution is -2.18. The first-order valence-corrected chi connectivity index (χ1v) is 9.27. The largest absolute Gasteiger partial charge is 0.451 e. The molecule has 0 aliphatic rings. The zero-order chi connectivity index (χ0) is 20.5. The Morgan fingerprint density at radius 1 is 1.07 bits per heavy atom. The van der Waals surface area contributed by atoms with Gasteiger partial charge in [-0.2, -0.15) is 5.10 Å². The molecule has 29 heavy (non-hydrogen) atoms. The molecule has 2 aromatic carbocycles. The summed E-state index contributed by atoms with van der Waals surface area (Å²) in [6, 6.07) is 16.6. The summed E-state index contributed by atoms with van der Waals surface area (Å²) in [6.45, 7) is 5.27. The lowest BCUT2D eigenvalue weighted by Gasteiger charge is -2.13. The molecule has 0 aliphatic heterocycles. The lowest BCUT2D eigenvalue weighted by molar-refractivity contribution is 0.0318. The van der Waals surface area contributed by atoms with Crippen LogP contribution >= 0.6 is 0 Å². The molecular weight excluding hydrogens is 368 g/mol. The van der Waals surface area contributed by atoms with Crippen LogP contribution in [0, 0.1) is 13.8 Å². The number of carbonyl (C=O) groups is 1. The van der Waals surface area contributed by atoms with Gasteiger partial charge in [0.15, 0.2) is 11.9 Å². The van der Waals surface area contributed by atoms with Crippen LogP contribution in [-0.2, 0) is 4.74 Å². The van der Waals surface area contributed by atoms with Gasteiger partial charge in [0.1, 0.15) is 5.56 Å². The van der Waals surface area contributed by atoms with Crippen molar-refractivity contribution in [3.05, 3.63) is 87.7 Å². The highest BCUT2D eigenvalue weighted by Gasteiger charge is 2.24. The summed E-state index contributed by atoms with van der Waals surface area (Å²) in [5.41, 5.74) is 2.81. The number of H-pyrrole nitrogens is 1. The summed E-state index contributed by atoms with van der Waals surface area (Å²) in [4.78, 5) is 32.3. The Kier molecular flexibility index (Phi) is 4.72. The first kappa shape index (κ1) is 18.6. The van der Waals surface area contributed by atoms with E-state index in [0.717, 1.165) is 5.69 Å². The molecule has 0 aliphatic carbocycles. The molecule has 0 spiro atoms. The fourth-order valence-electron chi connectivity index (χ4n) is 3.33. The number of rotatable bonds is 4. The molecule has 2 aromatic heterocycles. The van der Waals surface area contributed by atoms with E-state index >= 15 is 0 Å². The number of aryl methyl sites for hydroxylation is 1. The van der Waals surface area contributed by atoms with Crippen LogP contribution in [0.2, 0.25) is 0 Å². The Morgan fingerprint density at radius 3 is 2.52 bits per heavy atom. The average Bonchev–Trinajstić information content (AvgIpc) is 3.02. The Balaban J connectivity index is 1.63.